The quantitative estimate of drug-likeness (QED) is 0.173. The molecule has 0 spiro atoms. The summed E-state index contributed by atoms with van der Waals surface area (Å²) in [4.78, 5) is 18.9. The molecule has 0 aromatic heterocycles. The fraction of sp³-hybridized carbons (Fsp3) is 0. The Morgan fingerprint density at radius 2 is 1.06 bits per heavy atom. The number of nitrogens with one attached hydrogen (secondary N) is 2. The maximum Gasteiger partial charge on any atom is 2.00 e. The molecule has 0 saturated heterocycles. The molecule has 0 aliphatic heterocycles. The Kier molecular flexibility index (Phi) is 14.7. The zero-order valence-electron chi connectivity index (χ0n) is 8.23. The molecule has 0 aliphatic rings. The minimum Gasteiger partial charge on any atom is -0.381 e. The molecule has 0 saturated carbocycles. The number of rotatable bonds is 4. The van der Waals surface area contributed by atoms with E-state index in [2.05, 4.69) is 10.4 Å². The molecule has 0 aromatic carbocycles. The van der Waals surface area contributed by atoms with Crippen LogP contribution in [-0.2, 0) is 21.1 Å². The number of nitroso groups, excluding NO2 is 2. The summed E-state index contributed by atoms with van der Waals surface area (Å²) in [6.45, 7) is 0. The van der Waals surface area contributed by atoms with Gasteiger partial charge in [-0.2, -0.15) is 0 Å². The second-order valence-corrected chi connectivity index (χ2v) is 2.00. The van der Waals surface area contributed by atoms with Gasteiger partial charge in [0.15, 0.2) is 11.6 Å². The summed E-state index contributed by atoms with van der Waals surface area (Å²) in [5.74, 6) is -1.62. The molecule has 0 atom stereocenters. The third-order valence-electron chi connectivity index (χ3n) is 0.990. The van der Waals surface area contributed by atoms with E-state index in [0.29, 0.717) is 0 Å². The van der Waals surface area contributed by atoms with Crippen molar-refractivity contribution in [1.29, 1.82) is 0 Å². The van der Waals surface area contributed by atoms with E-state index in [-0.39, 0.29) is 32.7 Å². The maximum atomic E-state index is 9.44. The molecule has 0 heterocycles. The Morgan fingerprint density at radius 1 is 0.824 bits per heavy atom. The molecule has 17 heavy (non-hydrogen) atoms. The molecule has 12 nitrogen and oxygen atoms in total. The van der Waals surface area contributed by atoms with Gasteiger partial charge in [-0.15, -0.1) is 9.81 Å². The van der Waals surface area contributed by atoms with Crippen molar-refractivity contribution in [3.05, 3.63) is 33.1 Å². The van der Waals surface area contributed by atoms with Gasteiger partial charge in [-0.25, -0.2) is 0 Å². The van der Waals surface area contributed by atoms with E-state index in [1.807, 2.05) is 0 Å². The summed E-state index contributed by atoms with van der Waals surface area (Å²) in [6, 6.07) is 0. The molecular formula is C4H12N8O4Pt+2. The van der Waals surface area contributed by atoms with Crippen LogP contribution in [0.3, 0.4) is 0 Å². The standard InChI is InChI=1S/2C2H6N4O2.Pt/c2*3-1(5-7)2(4)6-8;/h2*5,7H,3-4H2;/q;;+2. The first kappa shape index (κ1) is 20.5. The third kappa shape index (κ3) is 10.4. The SMILES string of the molecule is NC(N=O)=C(N)NO.NC(N=O)=C(N)NO.[Pt+2]. The Hall–Kier alpha value is -1.91. The van der Waals surface area contributed by atoms with Crippen molar-refractivity contribution < 1.29 is 31.5 Å². The van der Waals surface area contributed by atoms with Crippen LogP contribution in [0.2, 0.25) is 0 Å². The van der Waals surface area contributed by atoms with E-state index in [9.17, 15) is 9.81 Å². The molecule has 0 radical (unpaired) electrons. The molecule has 100 valence electrons. The molecule has 0 bridgehead atoms. The van der Waals surface area contributed by atoms with E-state index in [4.69, 9.17) is 33.3 Å². The van der Waals surface area contributed by atoms with E-state index < -0.39 is 11.6 Å². The predicted octanol–water partition coefficient (Wildman–Crippen LogP) is -2.45. The summed E-state index contributed by atoms with van der Waals surface area (Å²) < 4.78 is 0. The molecule has 0 amide bonds. The van der Waals surface area contributed by atoms with Gasteiger partial charge in [0, 0.05) is 0 Å². The van der Waals surface area contributed by atoms with E-state index in [1.165, 1.54) is 11.0 Å². The number of hydrogen-bond donors (Lipinski definition) is 8. The van der Waals surface area contributed by atoms with E-state index >= 15 is 0 Å². The molecule has 0 unspecified atom stereocenters. The molecule has 0 aromatic rings. The van der Waals surface area contributed by atoms with Gasteiger partial charge in [-0.1, -0.05) is 0 Å². The van der Waals surface area contributed by atoms with Crippen LogP contribution in [0, 0.1) is 9.81 Å². The zero-order chi connectivity index (χ0) is 13.1. The van der Waals surface area contributed by atoms with Gasteiger partial charge >= 0.3 is 21.1 Å². The smallest absolute Gasteiger partial charge is 0.381 e. The van der Waals surface area contributed by atoms with Crippen LogP contribution in [0.1, 0.15) is 0 Å². The normalized spacial score (nSPS) is 11.4. The van der Waals surface area contributed by atoms with Gasteiger partial charge < -0.3 is 22.9 Å². The summed E-state index contributed by atoms with van der Waals surface area (Å²) in [7, 11) is 0. The Labute approximate surface area is 109 Å². The summed E-state index contributed by atoms with van der Waals surface area (Å²) >= 11 is 0. The van der Waals surface area contributed by atoms with Crippen LogP contribution >= 0.6 is 0 Å². The van der Waals surface area contributed by atoms with Gasteiger partial charge in [-0.3, -0.25) is 21.4 Å². The molecule has 0 aliphatic carbocycles. The first-order valence-corrected chi connectivity index (χ1v) is 3.41. The van der Waals surface area contributed by atoms with Crippen LogP contribution in [0.15, 0.2) is 33.6 Å². The molecular weight excluding hydrogens is 419 g/mol. The van der Waals surface area contributed by atoms with Crippen molar-refractivity contribution in [1.82, 2.24) is 11.0 Å². The second-order valence-electron chi connectivity index (χ2n) is 2.00. The van der Waals surface area contributed by atoms with Crippen molar-refractivity contribution in [2.45, 2.75) is 0 Å². The molecule has 0 rings (SSSR count). The molecule has 12 N–H and O–H groups in total. The van der Waals surface area contributed by atoms with Gasteiger partial charge in [-0.05, 0) is 10.4 Å². The van der Waals surface area contributed by atoms with Crippen LogP contribution in [-0.4, -0.2) is 10.4 Å². The maximum absolute atomic E-state index is 9.44. The minimum atomic E-state index is -0.465. The van der Waals surface area contributed by atoms with Crippen molar-refractivity contribution in [2.75, 3.05) is 0 Å². The number of hydroxylamine groups is 2. The summed E-state index contributed by atoms with van der Waals surface area (Å²) in [5, 5.41) is 20.3. The monoisotopic (exact) mass is 431 g/mol. The minimum absolute atomic E-state index is 0. The zero-order valence-corrected chi connectivity index (χ0v) is 10.5. The van der Waals surface area contributed by atoms with Crippen LogP contribution in [0.4, 0.5) is 0 Å². The Bertz CT molecular complexity index is 274. The van der Waals surface area contributed by atoms with Gasteiger partial charge in [0.1, 0.15) is 0 Å². The Balaban J connectivity index is -0.000000218. The van der Waals surface area contributed by atoms with Crippen molar-refractivity contribution in [3.8, 4) is 0 Å². The van der Waals surface area contributed by atoms with Crippen molar-refractivity contribution >= 4 is 0 Å². The topological polar surface area (TPSA) is 227 Å². The van der Waals surface area contributed by atoms with Gasteiger partial charge in [0.05, 0.1) is 0 Å². The summed E-state index contributed by atoms with van der Waals surface area (Å²) in [6.07, 6.45) is 0. The van der Waals surface area contributed by atoms with Gasteiger partial charge in [0.2, 0.25) is 11.6 Å². The van der Waals surface area contributed by atoms with Crippen LogP contribution < -0.4 is 33.9 Å². The van der Waals surface area contributed by atoms with Gasteiger partial charge in [0.25, 0.3) is 0 Å². The van der Waals surface area contributed by atoms with E-state index in [1.54, 1.807) is 0 Å². The average Bonchev–Trinajstić information content (AvgIpc) is 2.35. The van der Waals surface area contributed by atoms with E-state index in [0.717, 1.165) is 0 Å². The molecule has 13 heteroatoms. The first-order valence-electron chi connectivity index (χ1n) is 3.41. The summed E-state index contributed by atoms with van der Waals surface area (Å²) in [5.41, 5.74) is 22.1. The van der Waals surface area contributed by atoms with Crippen LogP contribution in [0.5, 0.6) is 0 Å². The average molecular weight is 431 g/mol. The number of nitrogens with two attached hydrogens (primary N) is 4. The number of nitrogens with zero attached hydrogens (tertiary/aromatic N) is 2. The molecule has 0 fully saturated rings. The first-order chi connectivity index (χ1) is 7.44. The predicted molar refractivity (Wildman–Crippen MR) is 52.2 cm³/mol. The fourth-order valence-electron chi connectivity index (χ4n) is 0.213. The fourth-order valence-corrected chi connectivity index (χ4v) is 0.213. The van der Waals surface area contributed by atoms with Crippen molar-refractivity contribution in [2.24, 2.45) is 33.3 Å². The van der Waals surface area contributed by atoms with Crippen LogP contribution in [0.25, 0.3) is 0 Å². The number of hydrogen-bond acceptors (Lipinski definition) is 12. The van der Waals surface area contributed by atoms with Crippen molar-refractivity contribution in [3.63, 3.8) is 0 Å². The second kappa shape index (κ2) is 12.2. The third-order valence-corrected chi connectivity index (χ3v) is 0.990. The largest absolute Gasteiger partial charge is 2.00 e. The Morgan fingerprint density at radius 3 is 1.12 bits per heavy atom.